The van der Waals surface area contributed by atoms with Crippen LogP contribution in [0.25, 0.3) is 4.91 Å². The highest BCUT2D eigenvalue weighted by Crippen LogP contribution is 2.34. The third-order valence-corrected chi connectivity index (χ3v) is 4.85. The highest BCUT2D eigenvalue weighted by Gasteiger charge is 2.18. The Hall–Kier alpha value is -2.22. The van der Waals surface area contributed by atoms with Crippen LogP contribution < -0.4 is 4.74 Å². The summed E-state index contributed by atoms with van der Waals surface area (Å²) in [6, 6.07) is 7.68. The average molecular weight is 353 g/mol. The summed E-state index contributed by atoms with van der Waals surface area (Å²) in [7, 11) is 0. The molecule has 0 N–H and O–H groups in total. The summed E-state index contributed by atoms with van der Waals surface area (Å²) >= 11 is 1.55. The van der Waals surface area contributed by atoms with Crippen molar-refractivity contribution in [1.82, 2.24) is 0 Å². The molecule has 1 aromatic rings. The molecule has 0 unspecified atom stereocenters. The van der Waals surface area contributed by atoms with Crippen LogP contribution in [-0.4, -0.2) is 19.8 Å². The van der Waals surface area contributed by atoms with E-state index in [9.17, 15) is 5.26 Å². The Morgan fingerprint density at radius 1 is 1.48 bits per heavy atom. The third-order valence-electron chi connectivity index (χ3n) is 3.91. The number of nitriles is 1. The molecule has 1 aliphatic heterocycles. The summed E-state index contributed by atoms with van der Waals surface area (Å²) < 4.78 is 11.4. The zero-order valence-corrected chi connectivity index (χ0v) is 15.4. The largest absolute Gasteiger partial charge is 0.493 e. The van der Waals surface area contributed by atoms with Crippen molar-refractivity contribution >= 4 is 16.7 Å². The van der Waals surface area contributed by atoms with E-state index in [1.165, 1.54) is 0 Å². The fourth-order valence-corrected chi connectivity index (χ4v) is 3.26. The van der Waals surface area contributed by atoms with E-state index >= 15 is 0 Å². The van der Waals surface area contributed by atoms with Crippen LogP contribution in [0.4, 0.5) is 0 Å². The van der Waals surface area contributed by atoms with E-state index in [0.29, 0.717) is 24.5 Å². The average Bonchev–Trinajstić information content (AvgIpc) is 2.61. The van der Waals surface area contributed by atoms with E-state index in [1.807, 2.05) is 25.1 Å². The van der Waals surface area contributed by atoms with Crippen LogP contribution in [0.5, 0.6) is 5.75 Å². The van der Waals surface area contributed by atoms with E-state index < -0.39 is 0 Å². The summed E-state index contributed by atoms with van der Waals surface area (Å²) in [4.78, 5) is 1.95. The van der Waals surface area contributed by atoms with Gasteiger partial charge in [0.2, 0.25) is 0 Å². The number of hydrogen-bond donors (Lipinski definition) is 0. The number of nitrogens with zero attached hydrogens (tertiary/aromatic N) is 1. The lowest BCUT2D eigenvalue weighted by molar-refractivity contribution is 0.0656. The van der Waals surface area contributed by atoms with Crippen molar-refractivity contribution in [2.45, 2.75) is 13.3 Å². The van der Waals surface area contributed by atoms with Gasteiger partial charge in [-0.05, 0) is 42.0 Å². The molecule has 1 saturated heterocycles. The first-order chi connectivity index (χ1) is 12.0. The van der Waals surface area contributed by atoms with Gasteiger partial charge in [-0.1, -0.05) is 49.2 Å². The van der Waals surface area contributed by atoms with Gasteiger partial charge >= 0.3 is 0 Å². The predicted molar refractivity (Wildman–Crippen MR) is 105 cm³/mol. The highest BCUT2D eigenvalue weighted by atomic mass is 32.2. The number of allylic oxidation sites excluding steroid dienone is 3. The predicted octanol–water partition coefficient (Wildman–Crippen LogP) is 5.32. The van der Waals surface area contributed by atoms with Crippen molar-refractivity contribution in [2.24, 2.45) is 5.92 Å². The maximum Gasteiger partial charge on any atom is 0.121 e. The van der Waals surface area contributed by atoms with Gasteiger partial charge in [-0.25, -0.2) is 0 Å². The van der Waals surface area contributed by atoms with Gasteiger partial charge in [0.15, 0.2) is 0 Å². The van der Waals surface area contributed by atoms with Crippen LogP contribution in [0.15, 0.2) is 60.6 Å². The summed E-state index contributed by atoms with van der Waals surface area (Å²) in [5.74, 6) is 0.859. The Balaban J connectivity index is 2.12. The third kappa shape index (κ3) is 5.67. The normalized spacial score (nSPS) is 17.7. The lowest BCUT2D eigenvalue weighted by atomic mass is 9.98. The maximum atomic E-state index is 9.29. The molecule has 3 nitrogen and oxygen atoms in total. The summed E-state index contributed by atoms with van der Waals surface area (Å²) in [5, 5.41) is 9.29. The first-order valence-corrected chi connectivity index (χ1v) is 8.95. The Morgan fingerprint density at radius 3 is 2.96 bits per heavy atom. The molecule has 0 amide bonds. The molecule has 0 spiro atoms. The topological polar surface area (TPSA) is 42.2 Å². The Morgan fingerprint density at radius 2 is 2.28 bits per heavy atom. The molecule has 1 heterocycles. The number of benzene rings is 1. The van der Waals surface area contributed by atoms with Crippen molar-refractivity contribution in [3.63, 3.8) is 0 Å². The Bertz CT molecular complexity index is 743. The standard InChI is InChI=1S/C21H23NO2S/c1-5-6-16(3)25-17(4)19-9-18(12-22)10-21(11-19)24-14-20-13-23-8-7-15(20)2/h5-6,9-11,20H,1-2,4,7-8,13-14H2,3H3/b16-6-/t20-/m0/s1. The minimum absolute atomic E-state index is 0.193. The second kappa shape index (κ2) is 9.31. The van der Waals surface area contributed by atoms with Crippen LogP contribution >= 0.6 is 11.8 Å². The second-order valence-corrected chi connectivity index (χ2v) is 7.23. The van der Waals surface area contributed by atoms with Crippen LogP contribution in [0.2, 0.25) is 0 Å². The molecule has 1 atom stereocenters. The molecule has 0 radical (unpaired) electrons. The van der Waals surface area contributed by atoms with Crippen LogP contribution in [0, 0.1) is 17.2 Å². The summed E-state index contributed by atoms with van der Waals surface area (Å²) in [6.45, 7) is 15.8. The smallest absolute Gasteiger partial charge is 0.121 e. The lowest BCUT2D eigenvalue weighted by Gasteiger charge is -2.25. The molecule has 0 bridgehead atoms. The summed E-state index contributed by atoms with van der Waals surface area (Å²) in [5.41, 5.74) is 2.60. The van der Waals surface area contributed by atoms with E-state index in [-0.39, 0.29) is 5.92 Å². The first kappa shape index (κ1) is 19.1. The van der Waals surface area contributed by atoms with Gasteiger partial charge in [0.05, 0.1) is 31.5 Å². The molecule has 1 aromatic carbocycles. The van der Waals surface area contributed by atoms with E-state index in [2.05, 4.69) is 25.8 Å². The molecule has 0 aliphatic carbocycles. The molecular formula is C21H23NO2S. The van der Waals surface area contributed by atoms with Gasteiger partial charge in [0.25, 0.3) is 0 Å². The molecule has 4 heteroatoms. The van der Waals surface area contributed by atoms with Crippen LogP contribution in [-0.2, 0) is 4.74 Å². The number of hydrogen-bond acceptors (Lipinski definition) is 4. The van der Waals surface area contributed by atoms with E-state index in [1.54, 1.807) is 23.9 Å². The van der Waals surface area contributed by atoms with Crippen molar-refractivity contribution in [1.29, 1.82) is 5.26 Å². The Labute approximate surface area is 154 Å². The Kier molecular flexibility index (Phi) is 7.12. The molecule has 25 heavy (non-hydrogen) atoms. The van der Waals surface area contributed by atoms with Crippen molar-refractivity contribution in [3.05, 3.63) is 71.7 Å². The van der Waals surface area contributed by atoms with E-state index in [4.69, 9.17) is 9.47 Å². The van der Waals surface area contributed by atoms with Crippen molar-refractivity contribution in [3.8, 4) is 11.8 Å². The quantitative estimate of drug-likeness (QED) is 0.491. The molecule has 2 rings (SSSR count). The minimum atomic E-state index is 0.193. The maximum absolute atomic E-state index is 9.29. The number of thioether (sulfide) groups is 1. The van der Waals surface area contributed by atoms with Crippen molar-refractivity contribution < 1.29 is 9.47 Å². The lowest BCUT2D eigenvalue weighted by Crippen LogP contribution is -2.25. The molecule has 1 fully saturated rings. The zero-order valence-electron chi connectivity index (χ0n) is 14.6. The van der Waals surface area contributed by atoms with Crippen molar-refractivity contribution in [2.75, 3.05) is 19.8 Å². The fraction of sp³-hybridized carbons (Fsp3) is 0.286. The summed E-state index contributed by atoms with van der Waals surface area (Å²) in [6.07, 6.45) is 4.55. The van der Waals surface area contributed by atoms with Gasteiger partial charge < -0.3 is 9.47 Å². The number of rotatable bonds is 7. The van der Waals surface area contributed by atoms with Crippen LogP contribution in [0.3, 0.4) is 0 Å². The van der Waals surface area contributed by atoms with E-state index in [0.717, 1.165) is 34.0 Å². The zero-order chi connectivity index (χ0) is 18.2. The molecule has 0 aromatic heterocycles. The SMILES string of the molecule is C=C/C=C(/C)SC(=C)c1cc(C#N)cc(OC[C@@H]2COCCC2=C)c1. The molecular weight excluding hydrogens is 330 g/mol. The molecule has 1 aliphatic rings. The monoisotopic (exact) mass is 353 g/mol. The van der Waals surface area contributed by atoms with Gasteiger partial charge in [-0.3, -0.25) is 0 Å². The second-order valence-electron chi connectivity index (χ2n) is 5.89. The minimum Gasteiger partial charge on any atom is -0.493 e. The van der Waals surface area contributed by atoms with Gasteiger partial charge in [0.1, 0.15) is 5.75 Å². The molecule has 0 saturated carbocycles. The highest BCUT2D eigenvalue weighted by molar-refractivity contribution is 8.11. The number of ether oxygens (including phenoxy) is 2. The molecule has 130 valence electrons. The van der Waals surface area contributed by atoms with Gasteiger partial charge in [-0.15, -0.1) is 0 Å². The van der Waals surface area contributed by atoms with Gasteiger partial charge in [-0.2, -0.15) is 5.26 Å². The van der Waals surface area contributed by atoms with Crippen LogP contribution in [0.1, 0.15) is 24.5 Å². The fourth-order valence-electron chi connectivity index (χ4n) is 2.47. The first-order valence-electron chi connectivity index (χ1n) is 8.13. The van der Waals surface area contributed by atoms with Gasteiger partial charge in [0, 0.05) is 10.8 Å².